The lowest BCUT2D eigenvalue weighted by atomic mass is 9.95. The van der Waals surface area contributed by atoms with Crippen LogP contribution in [0.25, 0.3) is 0 Å². The van der Waals surface area contributed by atoms with Gasteiger partial charge in [-0.15, -0.1) is 6.58 Å². The number of para-hydroxylation sites is 1. The number of nitrogens with one attached hydrogen (secondary N) is 1. The zero-order valence-corrected chi connectivity index (χ0v) is 15.0. The van der Waals surface area contributed by atoms with E-state index in [4.69, 9.17) is 0 Å². The summed E-state index contributed by atoms with van der Waals surface area (Å²) in [6.45, 7) is 3.80. The number of hydrogen-bond acceptors (Lipinski definition) is 3. The first-order valence-corrected chi connectivity index (χ1v) is 8.91. The first kappa shape index (κ1) is 17.9. The van der Waals surface area contributed by atoms with E-state index in [1.165, 1.54) is 40.1 Å². The fourth-order valence-corrected chi connectivity index (χ4v) is 3.93. The van der Waals surface area contributed by atoms with Gasteiger partial charge in [0.2, 0.25) is 11.6 Å². The lowest BCUT2D eigenvalue weighted by Crippen LogP contribution is -2.69. The Bertz CT molecular complexity index is 989. The number of fused-ring (bicyclic) bond motifs is 3. The normalized spacial score (nSPS) is 20.6. The van der Waals surface area contributed by atoms with Gasteiger partial charge in [-0.05, 0) is 36.4 Å². The average molecular weight is 379 g/mol. The van der Waals surface area contributed by atoms with Crippen LogP contribution >= 0.6 is 0 Å². The SMILES string of the molecule is C=CCN1C(=O)c2ccccc2N2C(=O)CC[C@@]12C(=O)Nc1ccc(F)cc1. The summed E-state index contributed by atoms with van der Waals surface area (Å²) in [6, 6.07) is 12.1. The maximum absolute atomic E-state index is 13.4. The zero-order valence-electron chi connectivity index (χ0n) is 15.0. The first-order valence-electron chi connectivity index (χ1n) is 8.91. The van der Waals surface area contributed by atoms with E-state index in [9.17, 15) is 18.8 Å². The third-order valence-electron chi connectivity index (χ3n) is 5.15. The summed E-state index contributed by atoms with van der Waals surface area (Å²) >= 11 is 0. The van der Waals surface area contributed by atoms with Crippen LogP contribution in [0.1, 0.15) is 23.2 Å². The van der Waals surface area contributed by atoms with Crippen LogP contribution in [0.4, 0.5) is 15.8 Å². The van der Waals surface area contributed by atoms with Crippen molar-refractivity contribution in [3.05, 3.63) is 72.6 Å². The molecule has 7 heteroatoms. The van der Waals surface area contributed by atoms with E-state index in [2.05, 4.69) is 11.9 Å². The minimum atomic E-state index is -1.49. The number of hydrogen-bond donors (Lipinski definition) is 1. The summed E-state index contributed by atoms with van der Waals surface area (Å²) in [5.74, 6) is -1.52. The fraction of sp³-hybridized carbons (Fsp3) is 0.190. The molecule has 2 aliphatic heterocycles. The highest BCUT2D eigenvalue weighted by Gasteiger charge is 2.60. The van der Waals surface area contributed by atoms with Crippen molar-refractivity contribution < 1.29 is 18.8 Å². The highest BCUT2D eigenvalue weighted by Crippen LogP contribution is 2.44. The van der Waals surface area contributed by atoms with Crippen LogP contribution in [0, 0.1) is 5.82 Å². The highest BCUT2D eigenvalue weighted by atomic mass is 19.1. The monoisotopic (exact) mass is 379 g/mol. The van der Waals surface area contributed by atoms with Gasteiger partial charge in [0.15, 0.2) is 0 Å². The molecule has 2 aromatic rings. The molecule has 1 fully saturated rings. The number of amides is 3. The number of carbonyl (C=O) groups is 3. The van der Waals surface area contributed by atoms with E-state index < -0.39 is 17.4 Å². The molecule has 142 valence electrons. The Labute approximate surface area is 161 Å². The van der Waals surface area contributed by atoms with Crippen LogP contribution in [0.5, 0.6) is 0 Å². The molecule has 2 heterocycles. The molecule has 0 aliphatic carbocycles. The quantitative estimate of drug-likeness (QED) is 0.831. The van der Waals surface area contributed by atoms with Gasteiger partial charge in [0.05, 0.1) is 11.3 Å². The minimum Gasteiger partial charge on any atom is -0.322 e. The molecule has 0 aromatic heterocycles. The third-order valence-corrected chi connectivity index (χ3v) is 5.15. The van der Waals surface area contributed by atoms with Crippen molar-refractivity contribution in [1.82, 2.24) is 4.90 Å². The van der Waals surface area contributed by atoms with E-state index in [0.29, 0.717) is 16.9 Å². The Kier molecular flexibility index (Phi) is 4.22. The molecular weight excluding hydrogens is 361 g/mol. The second kappa shape index (κ2) is 6.60. The van der Waals surface area contributed by atoms with Gasteiger partial charge in [-0.1, -0.05) is 18.2 Å². The molecule has 0 spiro atoms. The van der Waals surface area contributed by atoms with E-state index in [0.717, 1.165) is 0 Å². The van der Waals surface area contributed by atoms with Gasteiger partial charge in [0.25, 0.3) is 11.8 Å². The molecule has 4 rings (SSSR count). The number of nitrogens with zero attached hydrogens (tertiary/aromatic N) is 2. The molecule has 3 amide bonds. The number of anilines is 2. The molecule has 1 N–H and O–H groups in total. The topological polar surface area (TPSA) is 69.7 Å². The molecule has 6 nitrogen and oxygen atoms in total. The predicted molar refractivity (Wildman–Crippen MR) is 102 cm³/mol. The number of rotatable bonds is 4. The van der Waals surface area contributed by atoms with Gasteiger partial charge < -0.3 is 10.2 Å². The second-order valence-electron chi connectivity index (χ2n) is 6.73. The number of halogens is 1. The smallest absolute Gasteiger partial charge is 0.271 e. The molecule has 1 saturated heterocycles. The van der Waals surface area contributed by atoms with Crippen LogP contribution in [0.3, 0.4) is 0 Å². The van der Waals surface area contributed by atoms with E-state index in [-0.39, 0.29) is 31.2 Å². The van der Waals surface area contributed by atoms with Gasteiger partial charge in [-0.25, -0.2) is 4.39 Å². The number of benzene rings is 2. The van der Waals surface area contributed by atoms with Crippen molar-refractivity contribution in [1.29, 1.82) is 0 Å². The summed E-state index contributed by atoms with van der Waals surface area (Å²) in [5.41, 5.74) is -0.329. The summed E-state index contributed by atoms with van der Waals surface area (Å²) in [4.78, 5) is 42.1. The molecule has 28 heavy (non-hydrogen) atoms. The Morgan fingerprint density at radius 3 is 2.61 bits per heavy atom. The average Bonchev–Trinajstić information content (AvgIpc) is 3.05. The maximum Gasteiger partial charge on any atom is 0.271 e. The third kappa shape index (κ3) is 2.51. The molecular formula is C21H18FN3O3. The van der Waals surface area contributed by atoms with Gasteiger partial charge >= 0.3 is 0 Å². The van der Waals surface area contributed by atoms with Crippen LogP contribution < -0.4 is 10.2 Å². The highest BCUT2D eigenvalue weighted by molar-refractivity contribution is 6.18. The molecule has 0 saturated carbocycles. The molecule has 0 radical (unpaired) electrons. The molecule has 0 unspecified atom stereocenters. The fourth-order valence-electron chi connectivity index (χ4n) is 3.93. The zero-order chi connectivity index (χ0) is 19.9. The van der Waals surface area contributed by atoms with Crippen LogP contribution in [-0.2, 0) is 9.59 Å². The van der Waals surface area contributed by atoms with Crippen molar-refractivity contribution in [2.45, 2.75) is 18.5 Å². The molecule has 1 atom stereocenters. The standard InChI is InChI=1S/C21H18FN3O3/c1-2-13-24-19(27)16-5-3-4-6-17(16)25-18(26)11-12-21(24,25)20(28)23-15-9-7-14(22)8-10-15/h2-10H,1,11-13H2,(H,23,28)/t21-/m1/s1. The lowest BCUT2D eigenvalue weighted by molar-refractivity contribution is -0.128. The van der Waals surface area contributed by atoms with Gasteiger partial charge in [-0.2, -0.15) is 0 Å². The lowest BCUT2D eigenvalue weighted by Gasteiger charge is -2.48. The van der Waals surface area contributed by atoms with Gasteiger partial charge in [-0.3, -0.25) is 19.3 Å². The van der Waals surface area contributed by atoms with E-state index in [1.54, 1.807) is 24.3 Å². The van der Waals surface area contributed by atoms with E-state index in [1.807, 2.05) is 0 Å². The van der Waals surface area contributed by atoms with Crippen molar-refractivity contribution in [2.24, 2.45) is 0 Å². The Hall–Kier alpha value is -3.48. The second-order valence-corrected chi connectivity index (χ2v) is 6.73. The summed E-state index contributed by atoms with van der Waals surface area (Å²) in [6.07, 6.45) is 1.82. The van der Waals surface area contributed by atoms with Crippen molar-refractivity contribution in [2.75, 3.05) is 16.8 Å². The Morgan fingerprint density at radius 1 is 1.18 bits per heavy atom. The summed E-state index contributed by atoms with van der Waals surface area (Å²) < 4.78 is 13.2. The molecule has 0 bridgehead atoms. The maximum atomic E-state index is 13.4. The first-order chi connectivity index (χ1) is 13.5. The van der Waals surface area contributed by atoms with Crippen molar-refractivity contribution in [3.8, 4) is 0 Å². The van der Waals surface area contributed by atoms with Crippen LogP contribution in [0.2, 0.25) is 0 Å². The number of carbonyl (C=O) groups excluding carboxylic acids is 3. The van der Waals surface area contributed by atoms with Gasteiger partial charge in [0.1, 0.15) is 5.82 Å². The Morgan fingerprint density at radius 2 is 1.89 bits per heavy atom. The van der Waals surface area contributed by atoms with Gasteiger partial charge in [0, 0.05) is 25.1 Å². The molecule has 2 aromatic carbocycles. The van der Waals surface area contributed by atoms with Crippen LogP contribution in [0.15, 0.2) is 61.2 Å². The Balaban J connectivity index is 1.84. The molecule has 2 aliphatic rings. The summed E-state index contributed by atoms with van der Waals surface area (Å²) in [7, 11) is 0. The van der Waals surface area contributed by atoms with Crippen molar-refractivity contribution >= 4 is 29.1 Å². The van der Waals surface area contributed by atoms with Crippen LogP contribution in [-0.4, -0.2) is 34.8 Å². The summed E-state index contributed by atoms with van der Waals surface area (Å²) in [5, 5.41) is 2.73. The minimum absolute atomic E-state index is 0.105. The van der Waals surface area contributed by atoms with E-state index >= 15 is 0 Å². The largest absolute Gasteiger partial charge is 0.322 e. The van der Waals surface area contributed by atoms with Crippen molar-refractivity contribution in [3.63, 3.8) is 0 Å². The predicted octanol–water partition coefficient (Wildman–Crippen LogP) is 2.93.